The number of carbonyl (C=O) groups is 2. The Kier molecular flexibility index (Phi) is 16.6. The van der Waals surface area contributed by atoms with Crippen LogP contribution in [0.15, 0.2) is 131 Å². The number of benzene rings is 4. The fourth-order valence-electron chi connectivity index (χ4n) is 9.83. The second-order valence-corrected chi connectivity index (χ2v) is 19.4. The summed E-state index contributed by atoms with van der Waals surface area (Å²) >= 11 is 0. The van der Waals surface area contributed by atoms with E-state index in [9.17, 15) is 38.3 Å². The van der Waals surface area contributed by atoms with Gasteiger partial charge in [-0.15, -0.1) is 6.58 Å². The number of hydrogen-bond donors (Lipinski definition) is 4. The fraction of sp³-hybridized carbons (Fsp3) is 0.392. The summed E-state index contributed by atoms with van der Waals surface area (Å²) in [6.07, 6.45) is 6.76. The number of non-ortho nitro benzene ring substituents is 1. The molecule has 4 N–H and O–H groups in total. The molecule has 1 fully saturated rings. The maximum Gasteiger partial charge on any atom is 0.412 e. The highest BCUT2D eigenvalue weighted by molar-refractivity contribution is 7.89. The molecule has 6 unspecified atom stereocenters. The first-order valence-corrected chi connectivity index (χ1v) is 24.5. The van der Waals surface area contributed by atoms with Crippen molar-refractivity contribution < 1.29 is 52.2 Å². The maximum atomic E-state index is 14.9. The van der Waals surface area contributed by atoms with Crippen molar-refractivity contribution in [1.82, 2.24) is 9.62 Å². The highest BCUT2D eigenvalue weighted by Crippen LogP contribution is 2.62. The van der Waals surface area contributed by atoms with Gasteiger partial charge in [0.25, 0.3) is 5.69 Å². The van der Waals surface area contributed by atoms with Crippen molar-refractivity contribution in [2.24, 2.45) is 22.9 Å². The zero-order valence-corrected chi connectivity index (χ0v) is 39.5. The van der Waals surface area contributed by atoms with Crippen molar-refractivity contribution in [3.05, 3.63) is 148 Å². The van der Waals surface area contributed by atoms with E-state index < -0.39 is 44.7 Å². The van der Waals surface area contributed by atoms with Gasteiger partial charge in [-0.05, 0) is 109 Å². The predicted molar refractivity (Wildman–Crippen MR) is 258 cm³/mol. The van der Waals surface area contributed by atoms with Gasteiger partial charge < -0.3 is 39.9 Å². The minimum absolute atomic E-state index is 0.00832. The van der Waals surface area contributed by atoms with Crippen LogP contribution in [0.2, 0.25) is 0 Å². The lowest BCUT2D eigenvalue weighted by atomic mass is 9.55. The summed E-state index contributed by atoms with van der Waals surface area (Å²) in [5.74, 6) is -2.93. The van der Waals surface area contributed by atoms with E-state index in [0.717, 1.165) is 5.56 Å². The molecular weight excluding hydrogens is 907 g/mol. The van der Waals surface area contributed by atoms with Crippen LogP contribution >= 0.6 is 0 Å². The quantitative estimate of drug-likeness (QED) is 0.0254. The van der Waals surface area contributed by atoms with Crippen LogP contribution in [0.4, 0.5) is 16.2 Å². The Balaban J connectivity index is 1.38. The Morgan fingerprint density at radius 2 is 1.68 bits per heavy atom. The second kappa shape index (κ2) is 22.8. The van der Waals surface area contributed by atoms with E-state index in [1.165, 1.54) is 54.7 Å². The summed E-state index contributed by atoms with van der Waals surface area (Å²) in [4.78, 5) is 42.0. The molecule has 3 aliphatic rings. The number of allylic oxidation sites excluding steroid dienone is 1. The Hall–Kier alpha value is -6.44. The third-order valence-electron chi connectivity index (χ3n) is 13.0. The van der Waals surface area contributed by atoms with E-state index in [1.54, 1.807) is 36.4 Å². The molecule has 1 aliphatic heterocycles. The van der Waals surface area contributed by atoms with Crippen LogP contribution in [-0.4, -0.2) is 84.3 Å². The van der Waals surface area contributed by atoms with Crippen LogP contribution in [0.3, 0.4) is 0 Å². The number of sulfonamides is 1. The third kappa shape index (κ3) is 11.5. The number of nitrogens with zero attached hydrogens (tertiary/aromatic N) is 3. The Bertz CT molecular complexity index is 2630. The van der Waals surface area contributed by atoms with Crippen molar-refractivity contribution in [3.8, 4) is 11.5 Å². The number of amides is 2. The van der Waals surface area contributed by atoms with Gasteiger partial charge in [0.05, 0.1) is 34.1 Å². The summed E-state index contributed by atoms with van der Waals surface area (Å²) < 4.78 is 51.1. The number of fused-ring (bicyclic) bond motifs is 2. The lowest BCUT2D eigenvalue weighted by Crippen LogP contribution is -2.69. The summed E-state index contributed by atoms with van der Waals surface area (Å²) in [5.41, 5.74) is 3.67. The number of carbonyl (C=O) groups excluding carboxylic acids is 2. The Morgan fingerprint density at radius 3 is 2.35 bits per heavy atom. The lowest BCUT2D eigenvalue weighted by Gasteiger charge is -2.59. The molecule has 0 saturated heterocycles. The number of aliphatic hydroxyl groups is 2. The minimum Gasteiger partial charge on any atom is -0.460 e. The fourth-order valence-corrected chi connectivity index (χ4v) is 11.2. The molecule has 2 aliphatic carbocycles. The number of oxime groups is 1. The van der Waals surface area contributed by atoms with E-state index in [1.807, 2.05) is 30.3 Å². The molecule has 1 heterocycles. The van der Waals surface area contributed by atoms with Crippen LogP contribution < -0.4 is 20.1 Å². The average Bonchev–Trinajstić information content (AvgIpc) is 3.34. The van der Waals surface area contributed by atoms with Gasteiger partial charge in [-0.1, -0.05) is 60.5 Å². The predicted octanol–water partition coefficient (Wildman–Crippen LogP) is 8.00. The summed E-state index contributed by atoms with van der Waals surface area (Å²) in [7, 11) is -2.89. The monoisotopic (exact) mass is 965 g/mol. The standard InChI is InChI=1S/C51H59N5O12S/c1-4-28-65-51-47(55(3)69(63,64)41-23-18-38(19-24-41)53-34(2)59)31-45(54-66-33-36-16-20-39(21-17-36)56(61)62)43-29-37(14-8-10-26-57)42(15-9-11-27-58)48(49(43)51)44-30-40(22-25-46(44)68-51)67-50(60)52-32-35-12-6-5-7-13-35/h4-7,12-13,16-25,29-30,37,42,47-49,57-58H,1,8-11,14-15,26-28,31-33H2,2-3H3,(H,52,60)(H,53,59). The zero-order chi connectivity index (χ0) is 49.1. The number of aliphatic hydroxyl groups excluding tert-OH is 2. The highest BCUT2D eigenvalue weighted by atomic mass is 32.2. The molecule has 1 saturated carbocycles. The average molecular weight is 966 g/mol. The number of nitro benzene ring substituents is 1. The summed E-state index contributed by atoms with van der Waals surface area (Å²) in [6.45, 7) is 5.44. The summed E-state index contributed by atoms with van der Waals surface area (Å²) in [5, 5.41) is 41.5. The van der Waals surface area contributed by atoms with Gasteiger partial charge in [-0.3, -0.25) is 14.9 Å². The zero-order valence-electron chi connectivity index (χ0n) is 38.7. The van der Waals surface area contributed by atoms with Gasteiger partial charge in [0.2, 0.25) is 21.7 Å². The van der Waals surface area contributed by atoms with Crippen LogP contribution in [0.25, 0.3) is 0 Å². The summed E-state index contributed by atoms with van der Waals surface area (Å²) in [6, 6.07) is 25.2. The SMILES string of the molecule is C=CCOC12Oc3ccc(OC(=O)NCc4ccccc4)cc3C3C(CCCCO)C(CCCCO)C=C(C(=NOCc4ccc([N+](=O)[O-])cc4)CC1N(C)S(=O)(=O)c1ccc(NC(C)=O)cc1)C32. The maximum absolute atomic E-state index is 14.9. The number of unbranched alkanes of at least 4 members (excludes halogenated alkanes) is 2. The number of hydrogen-bond acceptors (Lipinski definition) is 13. The Morgan fingerprint density at radius 1 is 0.971 bits per heavy atom. The molecular formula is C51H59N5O12S. The molecule has 7 rings (SSSR count). The van der Waals surface area contributed by atoms with E-state index >= 15 is 0 Å². The molecule has 0 spiro atoms. The molecule has 0 aromatic heterocycles. The van der Waals surface area contributed by atoms with Crippen LogP contribution in [0.1, 0.15) is 74.5 Å². The van der Waals surface area contributed by atoms with E-state index in [4.69, 9.17) is 24.2 Å². The van der Waals surface area contributed by atoms with Crippen molar-refractivity contribution in [3.63, 3.8) is 0 Å². The van der Waals surface area contributed by atoms with Gasteiger partial charge >= 0.3 is 6.09 Å². The molecule has 0 radical (unpaired) electrons. The normalized spacial score (nSPS) is 22.1. The molecule has 69 heavy (non-hydrogen) atoms. The largest absolute Gasteiger partial charge is 0.460 e. The number of ether oxygens (including phenoxy) is 3. The smallest absolute Gasteiger partial charge is 0.412 e. The number of nitro groups is 1. The van der Waals surface area contributed by atoms with Gasteiger partial charge in [0.1, 0.15) is 18.1 Å². The van der Waals surface area contributed by atoms with Gasteiger partial charge in [-0.2, -0.15) is 4.31 Å². The van der Waals surface area contributed by atoms with Crippen LogP contribution in [-0.2, 0) is 37.5 Å². The van der Waals surface area contributed by atoms with Crippen molar-refractivity contribution >= 4 is 39.1 Å². The van der Waals surface area contributed by atoms with Gasteiger partial charge in [0.15, 0.2) is 0 Å². The van der Waals surface area contributed by atoms with Gasteiger partial charge in [0, 0.05) is 69.5 Å². The number of anilines is 1. The van der Waals surface area contributed by atoms with Crippen LogP contribution in [0.5, 0.6) is 11.5 Å². The first kappa shape index (κ1) is 50.4. The molecule has 6 atom stereocenters. The second-order valence-electron chi connectivity index (χ2n) is 17.4. The van der Waals surface area contributed by atoms with Crippen molar-refractivity contribution in [2.75, 3.05) is 32.2 Å². The molecule has 0 bridgehead atoms. The lowest BCUT2D eigenvalue weighted by molar-refractivity contribution is -0.384. The topological polar surface area (TPSA) is 228 Å². The third-order valence-corrected chi connectivity index (χ3v) is 14.9. The van der Waals surface area contributed by atoms with Crippen molar-refractivity contribution in [1.29, 1.82) is 0 Å². The van der Waals surface area contributed by atoms with Crippen LogP contribution in [0, 0.1) is 27.9 Å². The highest BCUT2D eigenvalue weighted by Gasteiger charge is 2.65. The number of nitrogens with one attached hydrogen (secondary N) is 2. The van der Waals surface area contributed by atoms with E-state index in [-0.39, 0.29) is 73.5 Å². The molecule has 4 aromatic rings. The first-order chi connectivity index (χ1) is 33.3. The molecule has 366 valence electrons. The van der Waals surface area contributed by atoms with Crippen molar-refractivity contribution in [2.45, 2.75) is 87.7 Å². The number of likely N-dealkylation sites (N-methyl/N-ethyl adjacent to an activating group) is 1. The molecule has 2 amide bonds. The minimum atomic E-state index is -4.35. The molecule has 4 aromatic carbocycles. The van der Waals surface area contributed by atoms with E-state index in [2.05, 4.69) is 23.3 Å². The molecule has 17 nitrogen and oxygen atoms in total. The molecule has 18 heteroatoms. The Labute approximate surface area is 402 Å². The first-order valence-electron chi connectivity index (χ1n) is 23.1. The number of rotatable bonds is 22. The van der Waals surface area contributed by atoms with Gasteiger partial charge in [-0.25, -0.2) is 13.2 Å². The van der Waals surface area contributed by atoms with E-state index in [0.29, 0.717) is 72.4 Å².